The summed E-state index contributed by atoms with van der Waals surface area (Å²) in [6.45, 7) is 12.5. The molecule has 0 spiro atoms. The molecule has 1 aliphatic heterocycles. The average molecular weight is 516 g/mol. The number of nitrogens with zero attached hydrogens (tertiary/aromatic N) is 3. The zero-order valence-electron chi connectivity index (χ0n) is 21.3. The lowest BCUT2D eigenvalue weighted by Gasteiger charge is -2.29. The zero-order valence-corrected chi connectivity index (χ0v) is 23.1. The SMILES string of the molecule is Cc1ccc(N(CC2=NCCN2OCCC(C)(C)S)c2cccc(OC(=O)CC(C)(C)S)c2)cc1. The molecule has 0 saturated heterocycles. The predicted octanol–water partition coefficient (Wildman–Crippen LogP) is 5.88. The first-order chi connectivity index (χ1) is 16.4. The molecule has 1 aliphatic rings. The minimum Gasteiger partial charge on any atom is -0.426 e. The third-order valence-corrected chi connectivity index (χ3v) is 5.81. The van der Waals surface area contributed by atoms with Gasteiger partial charge in [0.05, 0.1) is 32.7 Å². The van der Waals surface area contributed by atoms with Crippen molar-refractivity contribution < 1.29 is 14.4 Å². The molecule has 0 saturated carbocycles. The number of benzene rings is 2. The van der Waals surface area contributed by atoms with Gasteiger partial charge in [-0.05, 0) is 37.6 Å². The van der Waals surface area contributed by atoms with E-state index < -0.39 is 4.75 Å². The van der Waals surface area contributed by atoms with Crippen LogP contribution in [0, 0.1) is 6.92 Å². The molecule has 0 N–H and O–H groups in total. The van der Waals surface area contributed by atoms with Gasteiger partial charge in [-0.25, -0.2) is 5.06 Å². The lowest BCUT2D eigenvalue weighted by molar-refractivity contribution is -0.134. The first-order valence-electron chi connectivity index (χ1n) is 11.9. The summed E-state index contributed by atoms with van der Waals surface area (Å²) >= 11 is 9.03. The lowest BCUT2D eigenvalue weighted by Crippen LogP contribution is -2.37. The van der Waals surface area contributed by atoms with E-state index in [0.29, 0.717) is 25.4 Å². The summed E-state index contributed by atoms with van der Waals surface area (Å²) in [5, 5.41) is 1.89. The van der Waals surface area contributed by atoms with Crippen molar-refractivity contribution in [3.63, 3.8) is 0 Å². The predicted molar refractivity (Wildman–Crippen MR) is 151 cm³/mol. The number of ether oxygens (including phenoxy) is 1. The van der Waals surface area contributed by atoms with Gasteiger partial charge in [0.2, 0.25) is 0 Å². The van der Waals surface area contributed by atoms with Crippen molar-refractivity contribution in [3.05, 3.63) is 54.1 Å². The van der Waals surface area contributed by atoms with E-state index in [4.69, 9.17) is 14.6 Å². The van der Waals surface area contributed by atoms with Crippen LogP contribution < -0.4 is 9.64 Å². The monoisotopic (exact) mass is 515 g/mol. The van der Waals surface area contributed by atoms with Gasteiger partial charge in [0.15, 0.2) is 0 Å². The highest BCUT2D eigenvalue weighted by atomic mass is 32.1. The first-order valence-corrected chi connectivity index (χ1v) is 12.8. The molecule has 2 aromatic rings. The minimum absolute atomic E-state index is 0.0922. The van der Waals surface area contributed by atoms with E-state index in [1.54, 1.807) is 6.07 Å². The molecule has 190 valence electrons. The highest BCUT2D eigenvalue weighted by Crippen LogP contribution is 2.30. The summed E-state index contributed by atoms with van der Waals surface area (Å²) in [5.41, 5.74) is 3.10. The molecule has 0 radical (unpaired) electrons. The van der Waals surface area contributed by atoms with E-state index in [-0.39, 0.29) is 17.1 Å². The molecule has 2 aromatic carbocycles. The van der Waals surface area contributed by atoms with Gasteiger partial charge < -0.3 is 9.64 Å². The first kappa shape index (κ1) is 27.4. The normalized spacial score (nSPS) is 14.1. The van der Waals surface area contributed by atoms with Crippen LogP contribution in [0.3, 0.4) is 0 Å². The van der Waals surface area contributed by atoms with Crippen molar-refractivity contribution >= 4 is 48.4 Å². The average Bonchev–Trinajstić information content (AvgIpc) is 3.17. The highest BCUT2D eigenvalue weighted by molar-refractivity contribution is 7.82. The van der Waals surface area contributed by atoms with Crippen molar-refractivity contribution in [2.75, 3.05) is 31.1 Å². The quantitative estimate of drug-likeness (QED) is 0.222. The van der Waals surface area contributed by atoms with Gasteiger partial charge in [0.25, 0.3) is 0 Å². The topological polar surface area (TPSA) is 54.4 Å². The molecule has 6 nitrogen and oxygen atoms in total. The number of carbonyl (C=O) groups excluding carboxylic acids is 1. The number of hydrogen-bond donors (Lipinski definition) is 2. The van der Waals surface area contributed by atoms with Crippen LogP contribution in [0.2, 0.25) is 0 Å². The number of esters is 1. The fourth-order valence-corrected chi connectivity index (χ4v) is 3.81. The lowest BCUT2D eigenvalue weighted by atomic mass is 10.1. The maximum Gasteiger partial charge on any atom is 0.312 e. The third kappa shape index (κ3) is 9.09. The molecular weight excluding hydrogens is 478 g/mol. The molecule has 0 bridgehead atoms. The number of amidine groups is 1. The van der Waals surface area contributed by atoms with Gasteiger partial charge in [-0.15, -0.1) is 0 Å². The van der Waals surface area contributed by atoms with Crippen LogP contribution in [0.25, 0.3) is 0 Å². The summed E-state index contributed by atoms with van der Waals surface area (Å²) in [5.74, 6) is 1.05. The number of rotatable bonds is 11. The number of aliphatic imine (C=N–C) groups is 1. The van der Waals surface area contributed by atoms with Crippen LogP contribution >= 0.6 is 25.3 Å². The van der Waals surface area contributed by atoms with E-state index >= 15 is 0 Å². The van der Waals surface area contributed by atoms with E-state index in [1.165, 1.54) is 5.56 Å². The summed E-state index contributed by atoms with van der Waals surface area (Å²) in [7, 11) is 0. The maximum absolute atomic E-state index is 12.4. The summed E-state index contributed by atoms with van der Waals surface area (Å²) in [4.78, 5) is 25.3. The van der Waals surface area contributed by atoms with Gasteiger partial charge in [-0.3, -0.25) is 14.6 Å². The number of aryl methyl sites for hydroxylation is 1. The molecule has 0 amide bonds. The largest absolute Gasteiger partial charge is 0.426 e. The smallest absolute Gasteiger partial charge is 0.312 e. The zero-order chi connectivity index (χ0) is 25.6. The third-order valence-electron chi connectivity index (χ3n) is 5.43. The fourth-order valence-electron chi connectivity index (χ4n) is 3.58. The Kier molecular flexibility index (Phi) is 9.18. The Morgan fingerprint density at radius 2 is 1.77 bits per heavy atom. The Hall–Kier alpha value is -2.16. The molecule has 1 heterocycles. The summed E-state index contributed by atoms with van der Waals surface area (Å²) in [6.07, 6.45) is 1.05. The highest BCUT2D eigenvalue weighted by Gasteiger charge is 2.24. The number of carbonyl (C=O) groups is 1. The van der Waals surface area contributed by atoms with Crippen LogP contribution in [0.4, 0.5) is 11.4 Å². The van der Waals surface area contributed by atoms with E-state index in [9.17, 15) is 4.79 Å². The molecule has 8 heteroatoms. The number of hydroxylamine groups is 2. The van der Waals surface area contributed by atoms with E-state index in [2.05, 4.69) is 75.2 Å². The van der Waals surface area contributed by atoms with Gasteiger partial charge in [-0.2, -0.15) is 25.3 Å². The second kappa shape index (κ2) is 11.7. The number of hydrogen-bond acceptors (Lipinski definition) is 8. The molecular formula is C27H37N3O3S2. The summed E-state index contributed by atoms with van der Waals surface area (Å²) < 4.78 is 5.10. The van der Waals surface area contributed by atoms with Gasteiger partial charge >= 0.3 is 5.97 Å². The molecule has 0 fully saturated rings. The molecule has 0 aromatic heterocycles. The fraction of sp³-hybridized carbons (Fsp3) is 0.481. The molecule has 0 unspecified atom stereocenters. The Morgan fingerprint density at radius 3 is 2.43 bits per heavy atom. The van der Waals surface area contributed by atoms with Crippen LogP contribution in [0.15, 0.2) is 53.5 Å². The van der Waals surface area contributed by atoms with Crippen molar-refractivity contribution in [1.82, 2.24) is 5.06 Å². The second-order valence-electron chi connectivity index (χ2n) is 10.2. The molecule has 0 aliphatic carbocycles. The van der Waals surface area contributed by atoms with Crippen LogP contribution in [0.5, 0.6) is 5.75 Å². The van der Waals surface area contributed by atoms with Crippen molar-refractivity contribution in [3.8, 4) is 5.75 Å². The number of thiol groups is 2. The number of anilines is 2. The van der Waals surface area contributed by atoms with Crippen molar-refractivity contribution in [2.24, 2.45) is 4.99 Å². The van der Waals surface area contributed by atoms with E-state index in [1.807, 2.05) is 37.1 Å². The standard InChI is InChI=1S/C27H37N3O3S2/c1-20-9-11-21(12-10-20)29(19-24-28-14-15-30(24)32-16-13-26(2,3)34)22-7-6-8-23(17-22)33-25(31)18-27(4,5)35/h6-12,17,34-35H,13-16,18-19H2,1-5H3. The Labute approximate surface area is 220 Å². The molecule has 3 rings (SSSR count). The van der Waals surface area contributed by atoms with Crippen LogP contribution in [-0.4, -0.2) is 52.6 Å². The van der Waals surface area contributed by atoms with Gasteiger partial charge in [-0.1, -0.05) is 51.5 Å². The van der Waals surface area contributed by atoms with Gasteiger partial charge in [0.1, 0.15) is 11.6 Å². The van der Waals surface area contributed by atoms with Crippen molar-refractivity contribution in [1.29, 1.82) is 0 Å². The Morgan fingerprint density at radius 1 is 1.06 bits per heavy atom. The minimum atomic E-state index is -0.436. The Balaban J connectivity index is 1.81. The molecule has 0 atom stereocenters. The Bertz CT molecular complexity index is 1030. The van der Waals surface area contributed by atoms with E-state index in [0.717, 1.165) is 30.2 Å². The van der Waals surface area contributed by atoms with Crippen LogP contribution in [-0.2, 0) is 9.63 Å². The second-order valence-corrected chi connectivity index (χ2v) is 12.6. The molecule has 35 heavy (non-hydrogen) atoms. The van der Waals surface area contributed by atoms with Crippen molar-refractivity contribution in [2.45, 2.75) is 57.0 Å². The maximum atomic E-state index is 12.4. The van der Waals surface area contributed by atoms with Gasteiger partial charge in [0, 0.05) is 26.9 Å². The van der Waals surface area contributed by atoms with Crippen LogP contribution in [0.1, 0.15) is 46.1 Å². The summed E-state index contributed by atoms with van der Waals surface area (Å²) in [6, 6.07) is 15.9.